The molecule has 2 aromatic rings. The van der Waals surface area contributed by atoms with Crippen LogP contribution in [0.25, 0.3) is 10.4 Å². The highest BCUT2D eigenvalue weighted by Gasteiger charge is 2.46. The lowest BCUT2D eigenvalue weighted by molar-refractivity contribution is -0.191. The molecule has 6 nitrogen and oxygen atoms in total. The van der Waals surface area contributed by atoms with E-state index in [1.165, 1.54) is 16.2 Å². The monoisotopic (exact) mass is 538 g/mol. The van der Waals surface area contributed by atoms with Crippen LogP contribution in [0.1, 0.15) is 62.3 Å². The maximum absolute atomic E-state index is 13.4. The van der Waals surface area contributed by atoms with Gasteiger partial charge < -0.3 is 15.3 Å². The molecule has 0 bridgehead atoms. The van der Waals surface area contributed by atoms with Gasteiger partial charge in [-0.05, 0) is 66.3 Å². The number of carbonyl (C=O) groups excluding carboxylic acids is 2. The van der Waals surface area contributed by atoms with Crippen molar-refractivity contribution in [2.24, 2.45) is 11.8 Å². The van der Waals surface area contributed by atoms with Crippen molar-refractivity contribution in [3.05, 3.63) is 46.3 Å². The molecular weight excluding hydrogens is 505 g/mol. The number of hydrogen-bond donors (Lipinski definition) is 2. The predicted octanol–water partition coefficient (Wildman–Crippen LogP) is 5.88. The number of nitrogens with one attached hydrogen (secondary N) is 1. The molecule has 1 aliphatic rings. The van der Waals surface area contributed by atoms with Gasteiger partial charge in [0, 0.05) is 17.8 Å². The third-order valence-corrected chi connectivity index (χ3v) is 7.71. The molecule has 0 radical (unpaired) electrons. The second kappa shape index (κ2) is 11.7. The first-order valence-electron chi connectivity index (χ1n) is 12.3. The van der Waals surface area contributed by atoms with Crippen LogP contribution >= 0.6 is 11.3 Å². The molecule has 1 aromatic carbocycles. The number of alkyl halides is 3. The highest BCUT2D eigenvalue weighted by molar-refractivity contribution is 7.13. The molecule has 0 saturated carbocycles. The zero-order valence-electron chi connectivity index (χ0n) is 21.4. The molecule has 1 aromatic heterocycles. The molecular formula is C27H33F3N2O4S. The second-order valence-corrected chi connectivity index (χ2v) is 11.0. The number of benzene rings is 1. The highest BCUT2D eigenvalue weighted by Crippen LogP contribution is 2.37. The van der Waals surface area contributed by atoms with E-state index in [2.05, 4.69) is 5.32 Å². The Morgan fingerprint density at radius 3 is 2.41 bits per heavy atom. The SMILES string of the molecule is Cc1cccc(C)c1-c1cc([C@@H](CC(=O)O)NC(=O)[C@H](CC(C)C)N2CC[C@H](C(F)(F)F)CC2=O)cs1. The van der Waals surface area contributed by atoms with Gasteiger partial charge in [0.05, 0.1) is 18.4 Å². The van der Waals surface area contributed by atoms with Gasteiger partial charge in [-0.2, -0.15) is 13.2 Å². The van der Waals surface area contributed by atoms with Crippen molar-refractivity contribution >= 4 is 29.1 Å². The van der Waals surface area contributed by atoms with Crippen LogP contribution in [0.15, 0.2) is 29.6 Å². The Balaban J connectivity index is 1.85. The molecule has 1 fully saturated rings. The standard InChI is InChI=1S/C27H33F3N2O4S/c1-15(2)10-21(32-9-8-19(12-23(32)33)27(28,29)30)26(36)31-20(13-24(34)35)18-11-22(37-14-18)25-16(3)6-5-7-17(25)4/h5-7,11,14-15,19-21H,8-10,12-13H2,1-4H3,(H,31,36)(H,34,35)/t19-,20+,21-/m0/s1. The summed E-state index contributed by atoms with van der Waals surface area (Å²) in [4.78, 5) is 40.0. The average molecular weight is 539 g/mol. The number of aliphatic carboxylic acids is 1. The summed E-state index contributed by atoms with van der Waals surface area (Å²) in [5.74, 6) is -4.10. The predicted molar refractivity (Wildman–Crippen MR) is 136 cm³/mol. The molecule has 10 heteroatoms. The quantitative estimate of drug-likeness (QED) is 0.418. The summed E-state index contributed by atoms with van der Waals surface area (Å²) in [6, 6.07) is 5.99. The molecule has 0 unspecified atom stereocenters. The molecule has 1 aliphatic heterocycles. The van der Waals surface area contributed by atoms with E-state index in [1.54, 1.807) is 0 Å². The van der Waals surface area contributed by atoms with Crippen molar-refractivity contribution in [3.63, 3.8) is 0 Å². The van der Waals surface area contributed by atoms with Crippen LogP contribution in [0.2, 0.25) is 0 Å². The molecule has 2 N–H and O–H groups in total. The van der Waals surface area contributed by atoms with Crippen LogP contribution in [0.3, 0.4) is 0 Å². The lowest BCUT2D eigenvalue weighted by Gasteiger charge is -2.38. The minimum absolute atomic E-state index is 0.0152. The Morgan fingerprint density at radius 2 is 1.86 bits per heavy atom. The molecule has 37 heavy (non-hydrogen) atoms. The first-order chi connectivity index (χ1) is 17.3. The molecule has 0 spiro atoms. The van der Waals surface area contributed by atoms with E-state index in [1.807, 2.05) is 57.3 Å². The molecule has 3 atom stereocenters. The van der Waals surface area contributed by atoms with E-state index in [0.29, 0.717) is 5.56 Å². The van der Waals surface area contributed by atoms with Crippen LogP contribution in [-0.2, 0) is 14.4 Å². The minimum Gasteiger partial charge on any atom is -0.481 e. The van der Waals surface area contributed by atoms with Gasteiger partial charge in [0.1, 0.15) is 6.04 Å². The van der Waals surface area contributed by atoms with E-state index in [4.69, 9.17) is 0 Å². The summed E-state index contributed by atoms with van der Waals surface area (Å²) in [5, 5.41) is 14.1. The number of piperidine rings is 1. The van der Waals surface area contributed by atoms with Crippen LogP contribution in [0.5, 0.6) is 0 Å². The number of carbonyl (C=O) groups is 3. The maximum atomic E-state index is 13.4. The molecule has 2 amide bonds. The van der Waals surface area contributed by atoms with Crippen LogP contribution in [0, 0.1) is 25.7 Å². The van der Waals surface area contributed by atoms with Gasteiger partial charge >= 0.3 is 12.1 Å². The summed E-state index contributed by atoms with van der Waals surface area (Å²) in [5.41, 5.74) is 3.83. The number of thiophene rings is 1. The van der Waals surface area contributed by atoms with E-state index < -0.39 is 48.4 Å². The summed E-state index contributed by atoms with van der Waals surface area (Å²) < 4.78 is 39.5. The van der Waals surface area contributed by atoms with Gasteiger partial charge in [-0.15, -0.1) is 11.3 Å². The Labute approximate surface area is 218 Å². The molecule has 202 valence electrons. The van der Waals surface area contributed by atoms with Crippen LogP contribution in [-0.4, -0.2) is 46.6 Å². The van der Waals surface area contributed by atoms with E-state index in [9.17, 15) is 32.7 Å². The highest BCUT2D eigenvalue weighted by atomic mass is 32.1. The maximum Gasteiger partial charge on any atom is 0.392 e. The van der Waals surface area contributed by atoms with Gasteiger partial charge in [0.15, 0.2) is 0 Å². The lowest BCUT2D eigenvalue weighted by atomic mass is 9.92. The zero-order valence-corrected chi connectivity index (χ0v) is 22.2. The summed E-state index contributed by atoms with van der Waals surface area (Å²) in [7, 11) is 0. The van der Waals surface area contributed by atoms with Crippen LogP contribution < -0.4 is 5.32 Å². The van der Waals surface area contributed by atoms with Crippen molar-refractivity contribution in [3.8, 4) is 10.4 Å². The van der Waals surface area contributed by atoms with Crippen molar-refractivity contribution in [2.75, 3.05) is 6.54 Å². The molecule has 1 saturated heterocycles. The molecule has 2 heterocycles. The third-order valence-electron chi connectivity index (χ3n) is 6.74. The van der Waals surface area contributed by atoms with Gasteiger partial charge in [0.25, 0.3) is 0 Å². The zero-order chi connectivity index (χ0) is 27.5. The Hall–Kier alpha value is -2.88. The van der Waals surface area contributed by atoms with E-state index in [0.717, 1.165) is 21.6 Å². The van der Waals surface area contributed by atoms with E-state index >= 15 is 0 Å². The number of likely N-dealkylation sites (tertiary alicyclic amines) is 1. The number of rotatable bonds is 9. The van der Waals surface area contributed by atoms with Gasteiger partial charge in [-0.3, -0.25) is 14.4 Å². The second-order valence-electron chi connectivity index (χ2n) is 10.1. The van der Waals surface area contributed by atoms with Crippen LogP contribution in [0.4, 0.5) is 13.2 Å². The van der Waals surface area contributed by atoms with Crippen molar-refractivity contribution in [1.29, 1.82) is 0 Å². The van der Waals surface area contributed by atoms with Gasteiger partial charge in [0.2, 0.25) is 11.8 Å². The first-order valence-corrected chi connectivity index (χ1v) is 13.2. The molecule has 3 rings (SSSR count). The summed E-state index contributed by atoms with van der Waals surface area (Å²) in [6.45, 7) is 7.53. The number of carboxylic acid groups (broad SMARTS) is 1. The minimum atomic E-state index is -4.46. The number of halogens is 3. The number of carboxylic acids is 1. The van der Waals surface area contributed by atoms with Gasteiger partial charge in [-0.1, -0.05) is 32.0 Å². The Morgan fingerprint density at radius 1 is 1.22 bits per heavy atom. The van der Waals surface area contributed by atoms with E-state index in [-0.39, 0.29) is 31.7 Å². The summed E-state index contributed by atoms with van der Waals surface area (Å²) >= 11 is 1.45. The topological polar surface area (TPSA) is 86.7 Å². The third kappa shape index (κ3) is 7.12. The van der Waals surface area contributed by atoms with Crippen molar-refractivity contribution in [2.45, 2.75) is 71.6 Å². The fourth-order valence-electron chi connectivity index (χ4n) is 4.84. The van der Waals surface area contributed by atoms with Crippen molar-refractivity contribution in [1.82, 2.24) is 10.2 Å². The fourth-order valence-corrected chi connectivity index (χ4v) is 5.98. The normalized spacial score (nSPS) is 18.1. The Bertz CT molecular complexity index is 1120. The average Bonchev–Trinajstić information content (AvgIpc) is 3.25. The number of amides is 2. The largest absolute Gasteiger partial charge is 0.481 e. The first kappa shape index (κ1) is 28.7. The lowest BCUT2D eigenvalue weighted by Crippen LogP contribution is -2.54. The number of aryl methyl sites for hydroxylation is 2. The summed E-state index contributed by atoms with van der Waals surface area (Å²) in [6.07, 6.45) is -5.53. The number of nitrogens with zero attached hydrogens (tertiary/aromatic N) is 1. The van der Waals surface area contributed by atoms with Crippen molar-refractivity contribution < 1.29 is 32.7 Å². The number of hydrogen-bond acceptors (Lipinski definition) is 4. The molecule has 0 aliphatic carbocycles. The fraction of sp³-hybridized carbons (Fsp3) is 0.519. The Kier molecular flexibility index (Phi) is 9.05. The van der Waals surface area contributed by atoms with Gasteiger partial charge in [-0.25, -0.2) is 0 Å². The smallest absolute Gasteiger partial charge is 0.392 e.